The molecule has 0 amide bonds. The fourth-order valence-corrected chi connectivity index (χ4v) is 2.72. The lowest BCUT2D eigenvalue weighted by Gasteiger charge is -2.09. The molecule has 0 spiro atoms. The average molecular weight is 358 g/mol. The molecule has 0 aliphatic heterocycles. The monoisotopic (exact) mass is 358 g/mol. The SMILES string of the molecule is Nc1ncccc1-c1nnnn1Cc1ccc(OCc2ccccc2)cc1. The molecule has 2 N–H and O–H groups in total. The second kappa shape index (κ2) is 7.65. The van der Waals surface area contributed by atoms with Gasteiger partial charge in [-0.25, -0.2) is 9.67 Å². The Morgan fingerprint density at radius 1 is 0.889 bits per heavy atom. The van der Waals surface area contributed by atoms with E-state index < -0.39 is 0 Å². The second-order valence-corrected chi connectivity index (χ2v) is 6.01. The van der Waals surface area contributed by atoms with Crippen LogP contribution in [0.3, 0.4) is 0 Å². The third-order valence-electron chi connectivity index (χ3n) is 4.12. The van der Waals surface area contributed by atoms with E-state index in [1.54, 1.807) is 10.9 Å². The maximum Gasteiger partial charge on any atom is 0.186 e. The van der Waals surface area contributed by atoms with Crippen LogP contribution in [0, 0.1) is 0 Å². The molecule has 2 heterocycles. The van der Waals surface area contributed by atoms with Crippen molar-refractivity contribution >= 4 is 5.82 Å². The van der Waals surface area contributed by atoms with Crippen LogP contribution in [-0.4, -0.2) is 25.2 Å². The first-order valence-corrected chi connectivity index (χ1v) is 8.52. The number of pyridine rings is 1. The van der Waals surface area contributed by atoms with Gasteiger partial charge in [0.2, 0.25) is 0 Å². The van der Waals surface area contributed by atoms with E-state index in [2.05, 4.69) is 20.5 Å². The summed E-state index contributed by atoms with van der Waals surface area (Å²) in [5.74, 6) is 1.80. The average Bonchev–Trinajstić information content (AvgIpc) is 3.16. The van der Waals surface area contributed by atoms with Gasteiger partial charge in [-0.3, -0.25) is 0 Å². The first-order valence-electron chi connectivity index (χ1n) is 8.52. The van der Waals surface area contributed by atoms with Crippen LogP contribution in [-0.2, 0) is 13.2 Å². The van der Waals surface area contributed by atoms with E-state index >= 15 is 0 Å². The minimum atomic E-state index is 0.401. The minimum Gasteiger partial charge on any atom is -0.489 e. The molecule has 0 aliphatic carbocycles. The summed E-state index contributed by atoms with van der Waals surface area (Å²) in [7, 11) is 0. The van der Waals surface area contributed by atoms with E-state index in [1.165, 1.54) is 0 Å². The molecule has 0 unspecified atom stereocenters. The van der Waals surface area contributed by atoms with Crippen LogP contribution in [0.15, 0.2) is 72.9 Å². The molecule has 0 bridgehead atoms. The summed E-state index contributed by atoms with van der Waals surface area (Å²) in [5.41, 5.74) is 8.84. The van der Waals surface area contributed by atoms with E-state index in [0.717, 1.165) is 16.9 Å². The van der Waals surface area contributed by atoms with Gasteiger partial charge in [-0.1, -0.05) is 42.5 Å². The van der Waals surface area contributed by atoms with E-state index in [4.69, 9.17) is 10.5 Å². The van der Waals surface area contributed by atoms with E-state index in [9.17, 15) is 0 Å². The largest absolute Gasteiger partial charge is 0.489 e. The smallest absolute Gasteiger partial charge is 0.186 e. The highest BCUT2D eigenvalue weighted by Gasteiger charge is 2.12. The summed E-state index contributed by atoms with van der Waals surface area (Å²) in [6.45, 7) is 1.06. The highest BCUT2D eigenvalue weighted by atomic mass is 16.5. The summed E-state index contributed by atoms with van der Waals surface area (Å²) in [4.78, 5) is 4.09. The van der Waals surface area contributed by atoms with Crippen molar-refractivity contribution in [3.63, 3.8) is 0 Å². The highest BCUT2D eigenvalue weighted by molar-refractivity contribution is 5.67. The molecule has 7 heteroatoms. The van der Waals surface area contributed by atoms with Gasteiger partial charge >= 0.3 is 0 Å². The van der Waals surface area contributed by atoms with Gasteiger partial charge in [0, 0.05) is 6.20 Å². The molecule has 134 valence electrons. The topological polar surface area (TPSA) is 91.7 Å². The van der Waals surface area contributed by atoms with Gasteiger partial charge in [0.25, 0.3) is 0 Å². The summed E-state index contributed by atoms with van der Waals surface area (Å²) in [6.07, 6.45) is 1.64. The standard InChI is InChI=1S/C20H18N6O/c21-19-18(7-4-12-22-19)20-23-24-25-26(20)13-15-8-10-17(11-9-15)27-14-16-5-2-1-3-6-16/h1-12H,13-14H2,(H2,21,22). The fourth-order valence-electron chi connectivity index (χ4n) is 2.72. The number of nitrogens with zero attached hydrogens (tertiary/aromatic N) is 5. The van der Waals surface area contributed by atoms with Gasteiger partial charge < -0.3 is 10.5 Å². The molecule has 0 saturated heterocycles. The van der Waals surface area contributed by atoms with Gasteiger partial charge in [0.05, 0.1) is 12.1 Å². The maximum atomic E-state index is 5.94. The second-order valence-electron chi connectivity index (χ2n) is 6.01. The summed E-state index contributed by atoms with van der Waals surface area (Å²) in [5, 5.41) is 11.9. The lowest BCUT2D eigenvalue weighted by molar-refractivity contribution is 0.306. The van der Waals surface area contributed by atoms with Crippen molar-refractivity contribution < 1.29 is 4.74 Å². The molecule has 0 atom stereocenters. The number of anilines is 1. The normalized spacial score (nSPS) is 10.7. The van der Waals surface area contributed by atoms with Gasteiger partial charge in [0.15, 0.2) is 5.82 Å². The van der Waals surface area contributed by atoms with E-state index in [0.29, 0.717) is 30.4 Å². The van der Waals surface area contributed by atoms with Gasteiger partial charge in [-0.15, -0.1) is 5.10 Å². The molecule has 2 aromatic carbocycles. The molecule has 0 radical (unpaired) electrons. The Kier molecular flexibility index (Phi) is 4.74. The Balaban J connectivity index is 1.45. The Morgan fingerprint density at radius 2 is 1.70 bits per heavy atom. The Labute approximate surface area is 156 Å². The summed E-state index contributed by atoms with van der Waals surface area (Å²) < 4.78 is 7.52. The van der Waals surface area contributed by atoms with Crippen LogP contribution >= 0.6 is 0 Å². The molecular weight excluding hydrogens is 340 g/mol. The van der Waals surface area contributed by atoms with Crippen LogP contribution in [0.4, 0.5) is 5.82 Å². The first kappa shape index (κ1) is 16.7. The Morgan fingerprint density at radius 3 is 2.48 bits per heavy atom. The number of rotatable bonds is 6. The maximum absolute atomic E-state index is 5.94. The molecular formula is C20H18N6O. The Hall–Kier alpha value is -3.74. The van der Waals surface area contributed by atoms with Crippen LogP contribution in [0.25, 0.3) is 11.4 Å². The van der Waals surface area contributed by atoms with E-state index in [-0.39, 0.29) is 0 Å². The van der Waals surface area contributed by atoms with Crippen LogP contribution in [0.2, 0.25) is 0 Å². The third-order valence-corrected chi connectivity index (χ3v) is 4.12. The molecule has 27 heavy (non-hydrogen) atoms. The molecule has 0 fully saturated rings. The molecule has 0 aliphatic rings. The van der Waals surface area contributed by atoms with Gasteiger partial charge in [0.1, 0.15) is 18.2 Å². The number of nitrogens with two attached hydrogens (primary N) is 1. The fraction of sp³-hybridized carbons (Fsp3) is 0.100. The van der Waals surface area contributed by atoms with Crippen molar-refractivity contribution in [3.8, 4) is 17.1 Å². The van der Waals surface area contributed by atoms with Gasteiger partial charge in [-0.05, 0) is 45.8 Å². The molecule has 4 aromatic rings. The number of hydrogen-bond acceptors (Lipinski definition) is 6. The molecule has 0 saturated carbocycles. The van der Waals surface area contributed by atoms with Gasteiger partial charge in [-0.2, -0.15) is 0 Å². The molecule has 7 nitrogen and oxygen atoms in total. The summed E-state index contributed by atoms with van der Waals surface area (Å²) in [6, 6.07) is 21.6. The predicted molar refractivity (Wildman–Crippen MR) is 102 cm³/mol. The number of nitrogen functional groups attached to an aromatic ring is 1. The lowest BCUT2D eigenvalue weighted by atomic mass is 10.2. The zero-order valence-electron chi connectivity index (χ0n) is 14.6. The summed E-state index contributed by atoms with van der Waals surface area (Å²) >= 11 is 0. The third kappa shape index (κ3) is 3.92. The Bertz CT molecular complexity index is 1010. The number of ether oxygens (including phenoxy) is 1. The van der Waals surface area contributed by atoms with Crippen molar-refractivity contribution in [1.82, 2.24) is 25.2 Å². The predicted octanol–water partition coefficient (Wildman–Crippen LogP) is 2.94. The van der Waals surface area contributed by atoms with Crippen LogP contribution in [0.1, 0.15) is 11.1 Å². The van der Waals surface area contributed by atoms with E-state index in [1.807, 2.05) is 66.7 Å². The minimum absolute atomic E-state index is 0.401. The van der Waals surface area contributed by atoms with Crippen molar-refractivity contribution in [2.45, 2.75) is 13.2 Å². The molecule has 4 rings (SSSR count). The lowest BCUT2D eigenvalue weighted by Crippen LogP contribution is -2.06. The van der Waals surface area contributed by atoms with Crippen molar-refractivity contribution in [3.05, 3.63) is 84.1 Å². The number of tetrazole rings is 1. The zero-order chi connectivity index (χ0) is 18.5. The van der Waals surface area contributed by atoms with Crippen molar-refractivity contribution in [1.29, 1.82) is 0 Å². The highest BCUT2D eigenvalue weighted by Crippen LogP contribution is 2.22. The first-order chi connectivity index (χ1) is 13.3. The number of aromatic nitrogens is 5. The number of hydrogen-bond donors (Lipinski definition) is 1. The van der Waals surface area contributed by atoms with Crippen LogP contribution in [0.5, 0.6) is 5.75 Å². The van der Waals surface area contributed by atoms with Crippen LogP contribution < -0.4 is 10.5 Å². The van der Waals surface area contributed by atoms with Crippen molar-refractivity contribution in [2.75, 3.05) is 5.73 Å². The quantitative estimate of drug-likeness (QED) is 0.570. The zero-order valence-corrected chi connectivity index (χ0v) is 14.6. The number of benzene rings is 2. The van der Waals surface area contributed by atoms with Crippen molar-refractivity contribution in [2.24, 2.45) is 0 Å². The molecule has 2 aromatic heterocycles.